The number of ether oxygens (including phenoxy) is 1. The van der Waals surface area contributed by atoms with Crippen molar-refractivity contribution in [1.29, 1.82) is 0 Å². The van der Waals surface area contributed by atoms with E-state index < -0.39 is 24.6 Å². The molecule has 2 aromatic rings. The van der Waals surface area contributed by atoms with Crippen LogP contribution in [0, 0.1) is 0 Å². The van der Waals surface area contributed by atoms with Crippen molar-refractivity contribution in [3.8, 4) is 0 Å². The van der Waals surface area contributed by atoms with Gasteiger partial charge >= 0.3 is 5.97 Å². The zero-order valence-electron chi connectivity index (χ0n) is 19.5. The summed E-state index contributed by atoms with van der Waals surface area (Å²) in [4.78, 5) is 17.2. The minimum atomic E-state index is -3.29. The lowest BCUT2D eigenvalue weighted by atomic mass is 10.0. The molecular weight excluding hydrogens is 415 g/mol. The van der Waals surface area contributed by atoms with Crippen LogP contribution in [0.5, 0.6) is 0 Å². The van der Waals surface area contributed by atoms with Crippen LogP contribution < -0.4 is 0 Å². The second-order valence-corrected chi connectivity index (χ2v) is 11.5. The molecule has 0 saturated carbocycles. The molecule has 2 rings (SSSR count). The molecule has 0 aliphatic heterocycles. The van der Waals surface area contributed by atoms with Gasteiger partial charge in [-0.05, 0) is 51.7 Å². The van der Waals surface area contributed by atoms with Crippen molar-refractivity contribution >= 4 is 13.3 Å². The Balaban J connectivity index is 2.15. The van der Waals surface area contributed by atoms with Gasteiger partial charge in [0.1, 0.15) is 11.3 Å². The first-order chi connectivity index (χ1) is 14.5. The summed E-state index contributed by atoms with van der Waals surface area (Å²) in [5.41, 5.74) is 0.679. The van der Waals surface area contributed by atoms with Crippen LogP contribution in [0.25, 0.3) is 0 Å². The number of carbonyl (C=O) groups is 1. The zero-order chi connectivity index (χ0) is 23.1. The van der Waals surface area contributed by atoms with Gasteiger partial charge < -0.3 is 13.8 Å². The predicted molar refractivity (Wildman–Crippen MR) is 121 cm³/mol. The van der Waals surface area contributed by atoms with Crippen LogP contribution in [-0.4, -0.2) is 40.6 Å². The zero-order valence-corrected chi connectivity index (χ0v) is 20.4. The lowest BCUT2D eigenvalue weighted by Crippen LogP contribution is -2.33. The van der Waals surface area contributed by atoms with Gasteiger partial charge in [0.25, 0.3) is 0 Å². The van der Waals surface area contributed by atoms with E-state index in [9.17, 15) is 9.36 Å². The number of aromatic nitrogens is 2. The summed E-state index contributed by atoms with van der Waals surface area (Å²) in [5.74, 6) is 0.179. The maximum absolute atomic E-state index is 13.1. The Morgan fingerprint density at radius 3 is 2.58 bits per heavy atom. The largest absolute Gasteiger partial charge is 0.459 e. The number of carbonyl (C=O) groups excluding carboxylic acids is 1. The van der Waals surface area contributed by atoms with E-state index in [1.54, 1.807) is 27.7 Å². The fraction of sp³-hybridized carbons (Fsp3) is 0.609. The van der Waals surface area contributed by atoms with E-state index in [4.69, 9.17) is 13.8 Å². The quantitative estimate of drug-likeness (QED) is 0.343. The highest BCUT2D eigenvalue weighted by Gasteiger charge is 2.40. The molecule has 172 valence electrons. The molecule has 31 heavy (non-hydrogen) atoms. The van der Waals surface area contributed by atoms with Crippen molar-refractivity contribution in [1.82, 2.24) is 10.1 Å². The van der Waals surface area contributed by atoms with Gasteiger partial charge in [0.2, 0.25) is 13.3 Å². The van der Waals surface area contributed by atoms with Crippen molar-refractivity contribution < 1.29 is 23.1 Å². The Hall–Kier alpha value is -1.98. The molecule has 1 aromatic carbocycles. The summed E-state index contributed by atoms with van der Waals surface area (Å²) in [6, 6.07) is 8.35. The van der Waals surface area contributed by atoms with Crippen LogP contribution in [0.15, 0.2) is 28.8 Å². The van der Waals surface area contributed by atoms with Gasteiger partial charge in [0, 0.05) is 19.5 Å². The lowest BCUT2D eigenvalue weighted by molar-refractivity contribution is -0.154. The van der Waals surface area contributed by atoms with Crippen molar-refractivity contribution in [3.63, 3.8) is 0 Å². The normalized spacial score (nSPS) is 14.8. The van der Waals surface area contributed by atoms with Gasteiger partial charge in [0.05, 0.1) is 6.61 Å². The maximum atomic E-state index is 13.1. The second kappa shape index (κ2) is 11.1. The summed E-state index contributed by atoms with van der Waals surface area (Å²) in [6.07, 6.45) is 3.88. The molecule has 0 N–H and O–H groups in total. The fourth-order valence-corrected chi connectivity index (χ4v) is 4.84. The van der Waals surface area contributed by atoms with Crippen molar-refractivity contribution in [3.05, 3.63) is 47.1 Å². The minimum Gasteiger partial charge on any atom is -0.459 e. The van der Waals surface area contributed by atoms with E-state index in [2.05, 4.69) is 29.2 Å². The van der Waals surface area contributed by atoms with Crippen LogP contribution in [0.4, 0.5) is 0 Å². The third-order valence-electron chi connectivity index (χ3n) is 4.68. The predicted octanol–water partition coefficient (Wildman–Crippen LogP) is 5.20. The highest BCUT2D eigenvalue weighted by atomic mass is 31.2. The topological polar surface area (TPSA) is 91.5 Å². The molecular formula is C23H35N2O5P. The molecule has 0 spiro atoms. The standard InChI is InChI=1S/C23H35N2O5P/c1-7-9-11-17-12-10-13-18(14-17)15-20-24-21(30-25-20)16-19(31(6,27)28-8-2)22(26)29-23(3,4)5/h10,12-14,19H,7-9,11,15-16H2,1-6H3. The molecule has 0 aliphatic rings. The highest BCUT2D eigenvalue weighted by Crippen LogP contribution is 2.50. The maximum Gasteiger partial charge on any atom is 0.319 e. The van der Waals surface area contributed by atoms with E-state index in [0.29, 0.717) is 12.2 Å². The number of aryl methyl sites for hydroxylation is 1. The Labute approximate surface area is 185 Å². The number of benzene rings is 1. The SMILES string of the molecule is CCCCc1cccc(Cc2noc(CC(C(=O)OC(C)(C)C)P(C)(=O)OCC)n2)c1. The van der Waals surface area contributed by atoms with Gasteiger partial charge in [-0.3, -0.25) is 9.36 Å². The average molecular weight is 451 g/mol. The summed E-state index contributed by atoms with van der Waals surface area (Å²) < 4.78 is 29.3. The first-order valence-electron chi connectivity index (χ1n) is 10.9. The van der Waals surface area contributed by atoms with Gasteiger partial charge in [-0.15, -0.1) is 0 Å². The fourth-order valence-electron chi connectivity index (χ4n) is 3.23. The smallest absolute Gasteiger partial charge is 0.319 e. The summed E-state index contributed by atoms with van der Waals surface area (Å²) in [6.45, 7) is 10.9. The minimum absolute atomic E-state index is 0.00618. The summed E-state index contributed by atoms with van der Waals surface area (Å²) in [7, 11) is -3.29. The Morgan fingerprint density at radius 2 is 1.94 bits per heavy atom. The monoisotopic (exact) mass is 450 g/mol. The van der Waals surface area contributed by atoms with Gasteiger partial charge in [-0.2, -0.15) is 4.98 Å². The van der Waals surface area contributed by atoms with E-state index in [0.717, 1.165) is 24.8 Å². The molecule has 1 heterocycles. The van der Waals surface area contributed by atoms with Crippen molar-refractivity contribution in [2.75, 3.05) is 13.3 Å². The van der Waals surface area contributed by atoms with Crippen molar-refractivity contribution in [2.45, 2.75) is 78.0 Å². The number of esters is 1. The highest BCUT2D eigenvalue weighted by molar-refractivity contribution is 7.60. The van der Waals surface area contributed by atoms with Crippen molar-refractivity contribution in [2.24, 2.45) is 0 Å². The van der Waals surface area contributed by atoms with Crippen LogP contribution in [0.1, 0.15) is 70.3 Å². The molecule has 0 aliphatic carbocycles. The number of nitrogens with zero attached hydrogens (tertiary/aromatic N) is 2. The van der Waals surface area contributed by atoms with E-state index >= 15 is 0 Å². The molecule has 8 heteroatoms. The van der Waals surface area contributed by atoms with Gasteiger partial charge in [-0.25, -0.2) is 0 Å². The number of hydrogen-bond donors (Lipinski definition) is 0. The molecule has 0 bridgehead atoms. The summed E-state index contributed by atoms with van der Waals surface area (Å²) >= 11 is 0. The van der Waals surface area contributed by atoms with Gasteiger partial charge in [0.15, 0.2) is 5.82 Å². The first kappa shape index (κ1) is 25.3. The third kappa shape index (κ3) is 8.23. The molecule has 0 radical (unpaired) electrons. The average Bonchev–Trinajstić information content (AvgIpc) is 3.10. The van der Waals surface area contributed by atoms with E-state index in [1.165, 1.54) is 12.2 Å². The molecule has 2 unspecified atom stereocenters. The number of rotatable bonds is 11. The lowest BCUT2D eigenvalue weighted by Gasteiger charge is -2.26. The number of unbranched alkanes of at least 4 members (excludes halogenated alkanes) is 1. The Kier molecular flexibility index (Phi) is 9.01. The molecule has 0 saturated heterocycles. The Morgan fingerprint density at radius 1 is 1.23 bits per heavy atom. The summed E-state index contributed by atoms with van der Waals surface area (Å²) in [5, 5.41) is 4.05. The Bertz CT molecular complexity index is 903. The van der Waals surface area contributed by atoms with E-state index in [1.807, 2.05) is 12.1 Å². The van der Waals surface area contributed by atoms with Crippen LogP contribution in [0.2, 0.25) is 0 Å². The third-order valence-corrected chi connectivity index (χ3v) is 6.98. The molecule has 7 nitrogen and oxygen atoms in total. The second-order valence-electron chi connectivity index (χ2n) is 8.78. The molecule has 2 atom stereocenters. The van der Waals surface area contributed by atoms with E-state index in [-0.39, 0.29) is 18.9 Å². The molecule has 0 amide bonds. The molecule has 1 aromatic heterocycles. The van der Waals surface area contributed by atoms with Crippen LogP contribution in [0.3, 0.4) is 0 Å². The molecule has 0 fully saturated rings. The first-order valence-corrected chi connectivity index (χ1v) is 13.0. The van der Waals surface area contributed by atoms with Crippen LogP contribution >= 0.6 is 7.37 Å². The van der Waals surface area contributed by atoms with Crippen LogP contribution in [-0.2, 0) is 37.9 Å². The van der Waals surface area contributed by atoms with Gasteiger partial charge in [-0.1, -0.05) is 42.8 Å². The number of hydrogen-bond acceptors (Lipinski definition) is 7.